The summed E-state index contributed by atoms with van der Waals surface area (Å²) in [4.78, 5) is 25.7. The van der Waals surface area contributed by atoms with Crippen molar-refractivity contribution >= 4 is 23.4 Å². The van der Waals surface area contributed by atoms with Crippen LogP contribution in [-0.2, 0) is 16.1 Å². The Morgan fingerprint density at radius 2 is 1.72 bits per heavy atom. The Balaban J connectivity index is 1.86. The van der Waals surface area contributed by atoms with Gasteiger partial charge in [-0.25, -0.2) is 0 Å². The van der Waals surface area contributed by atoms with Gasteiger partial charge in [-0.15, -0.1) is 0 Å². The third-order valence-corrected chi connectivity index (χ3v) is 4.27. The molecule has 5 heteroatoms. The molecule has 0 fully saturated rings. The Bertz CT molecular complexity index is 701. The molecule has 2 amide bonds. The number of halogens is 1. The van der Waals surface area contributed by atoms with Crippen LogP contribution in [0.4, 0.5) is 0 Å². The molecule has 0 heterocycles. The molecule has 0 aromatic heterocycles. The molecule has 0 aliphatic heterocycles. The van der Waals surface area contributed by atoms with Crippen LogP contribution in [0.5, 0.6) is 0 Å². The van der Waals surface area contributed by atoms with E-state index in [1.807, 2.05) is 49.4 Å². The predicted molar refractivity (Wildman–Crippen MR) is 100 cm³/mol. The number of benzene rings is 2. The van der Waals surface area contributed by atoms with Crippen LogP contribution in [0.2, 0.25) is 5.02 Å². The van der Waals surface area contributed by atoms with Crippen LogP contribution < -0.4 is 5.32 Å². The van der Waals surface area contributed by atoms with Gasteiger partial charge < -0.3 is 10.2 Å². The molecule has 0 spiro atoms. The number of hydrogen-bond acceptors (Lipinski definition) is 2. The first-order valence-corrected chi connectivity index (χ1v) is 8.68. The number of amides is 2. The lowest BCUT2D eigenvalue weighted by Crippen LogP contribution is -2.34. The summed E-state index contributed by atoms with van der Waals surface area (Å²) < 4.78 is 0. The maximum atomic E-state index is 12.2. The first-order valence-electron chi connectivity index (χ1n) is 8.30. The van der Waals surface area contributed by atoms with Crippen LogP contribution in [0, 0.1) is 0 Å². The minimum atomic E-state index is -0.0706. The lowest BCUT2D eigenvalue weighted by atomic mass is 10.1. The number of carbonyl (C=O) groups excluding carboxylic acids is 2. The van der Waals surface area contributed by atoms with Crippen molar-refractivity contribution in [3.8, 4) is 0 Å². The van der Waals surface area contributed by atoms with Gasteiger partial charge in [-0.3, -0.25) is 9.59 Å². The van der Waals surface area contributed by atoms with Crippen LogP contribution in [0.3, 0.4) is 0 Å². The van der Waals surface area contributed by atoms with Gasteiger partial charge in [-0.05, 0) is 30.2 Å². The highest BCUT2D eigenvalue weighted by molar-refractivity contribution is 6.30. The lowest BCUT2D eigenvalue weighted by Gasteiger charge is -2.22. The monoisotopic (exact) mass is 358 g/mol. The van der Waals surface area contributed by atoms with Gasteiger partial charge in [0.05, 0.1) is 6.04 Å². The van der Waals surface area contributed by atoms with Crippen molar-refractivity contribution in [2.75, 3.05) is 6.54 Å². The van der Waals surface area contributed by atoms with Gasteiger partial charge in [0.1, 0.15) is 0 Å². The van der Waals surface area contributed by atoms with Crippen molar-refractivity contribution in [1.82, 2.24) is 10.2 Å². The Morgan fingerprint density at radius 3 is 2.32 bits per heavy atom. The minimum absolute atomic E-state index is 0.0566. The van der Waals surface area contributed by atoms with Crippen molar-refractivity contribution in [3.63, 3.8) is 0 Å². The SMILES string of the molecule is CC(=O)N(CCC(=O)NC(C)c1ccccc1)Cc1ccc(Cl)cc1. The maximum Gasteiger partial charge on any atom is 0.222 e. The van der Waals surface area contributed by atoms with Crippen molar-refractivity contribution < 1.29 is 9.59 Å². The second-order valence-corrected chi connectivity index (χ2v) is 6.45. The molecule has 0 saturated carbocycles. The van der Waals surface area contributed by atoms with E-state index in [0.29, 0.717) is 18.1 Å². The Hall–Kier alpha value is -2.33. The summed E-state index contributed by atoms with van der Waals surface area (Å²) in [5, 5.41) is 3.63. The molecule has 1 atom stereocenters. The standard InChI is InChI=1S/C20H23ClN2O2/c1-15(18-6-4-3-5-7-18)22-20(25)12-13-23(16(2)24)14-17-8-10-19(21)11-9-17/h3-11,15H,12-14H2,1-2H3,(H,22,25). The fraction of sp³-hybridized carbons (Fsp3) is 0.300. The van der Waals surface area contributed by atoms with E-state index >= 15 is 0 Å². The van der Waals surface area contributed by atoms with Gasteiger partial charge in [0, 0.05) is 31.5 Å². The van der Waals surface area contributed by atoms with E-state index in [2.05, 4.69) is 5.32 Å². The molecular weight excluding hydrogens is 336 g/mol. The highest BCUT2D eigenvalue weighted by Crippen LogP contribution is 2.13. The fourth-order valence-corrected chi connectivity index (χ4v) is 2.66. The molecule has 132 valence electrons. The Labute approximate surface area is 153 Å². The molecule has 1 N–H and O–H groups in total. The Kier molecular flexibility index (Phi) is 7.02. The summed E-state index contributed by atoms with van der Waals surface area (Å²) >= 11 is 5.88. The van der Waals surface area contributed by atoms with Crippen LogP contribution in [0.25, 0.3) is 0 Å². The van der Waals surface area contributed by atoms with E-state index in [1.165, 1.54) is 6.92 Å². The van der Waals surface area contributed by atoms with Crippen molar-refractivity contribution in [2.45, 2.75) is 32.9 Å². The summed E-state index contributed by atoms with van der Waals surface area (Å²) in [6.45, 7) is 4.31. The third-order valence-electron chi connectivity index (χ3n) is 4.02. The van der Waals surface area contributed by atoms with E-state index in [4.69, 9.17) is 11.6 Å². The fourth-order valence-electron chi connectivity index (χ4n) is 2.53. The molecular formula is C20H23ClN2O2. The second-order valence-electron chi connectivity index (χ2n) is 6.02. The molecule has 0 saturated heterocycles. The first kappa shape index (κ1) is 19.0. The van der Waals surface area contributed by atoms with E-state index in [-0.39, 0.29) is 24.3 Å². The van der Waals surface area contributed by atoms with Crippen LogP contribution in [0.15, 0.2) is 54.6 Å². The molecule has 0 aliphatic rings. The number of carbonyl (C=O) groups is 2. The average molecular weight is 359 g/mol. The number of rotatable bonds is 7. The van der Waals surface area contributed by atoms with Crippen LogP contribution in [0.1, 0.15) is 37.4 Å². The van der Waals surface area contributed by atoms with E-state index in [1.54, 1.807) is 17.0 Å². The number of hydrogen-bond donors (Lipinski definition) is 1. The van der Waals surface area contributed by atoms with Gasteiger partial charge in [0.15, 0.2) is 0 Å². The van der Waals surface area contributed by atoms with E-state index in [0.717, 1.165) is 11.1 Å². The topological polar surface area (TPSA) is 49.4 Å². The van der Waals surface area contributed by atoms with Crippen molar-refractivity contribution in [1.29, 1.82) is 0 Å². The quantitative estimate of drug-likeness (QED) is 0.814. The summed E-state index contributed by atoms with van der Waals surface area (Å²) in [7, 11) is 0. The van der Waals surface area contributed by atoms with E-state index < -0.39 is 0 Å². The molecule has 2 aromatic carbocycles. The molecule has 0 radical (unpaired) electrons. The van der Waals surface area contributed by atoms with Gasteiger partial charge >= 0.3 is 0 Å². The highest BCUT2D eigenvalue weighted by atomic mass is 35.5. The molecule has 2 aromatic rings. The molecule has 4 nitrogen and oxygen atoms in total. The molecule has 2 rings (SSSR count). The Morgan fingerprint density at radius 1 is 1.08 bits per heavy atom. The summed E-state index contributed by atoms with van der Waals surface area (Å²) in [6.07, 6.45) is 0.268. The van der Waals surface area contributed by atoms with Gasteiger partial charge in [0.2, 0.25) is 11.8 Å². The first-order chi connectivity index (χ1) is 12.0. The third kappa shape index (κ3) is 6.24. The largest absolute Gasteiger partial charge is 0.350 e. The zero-order valence-electron chi connectivity index (χ0n) is 14.5. The summed E-state index contributed by atoms with van der Waals surface area (Å²) in [6, 6.07) is 17.1. The zero-order chi connectivity index (χ0) is 18.2. The smallest absolute Gasteiger partial charge is 0.222 e. The predicted octanol–water partition coefficient (Wildman–Crippen LogP) is 3.96. The lowest BCUT2D eigenvalue weighted by molar-refractivity contribution is -0.130. The summed E-state index contributed by atoms with van der Waals surface area (Å²) in [5.41, 5.74) is 2.04. The minimum Gasteiger partial charge on any atom is -0.350 e. The van der Waals surface area contributed by atoms with Gasteiger partial charge in [-0.1, -0.05) is 54.1 Å². The van der Waals surface area contributed by atoms with E-state index in [9.17, 15) is 9.59 Å². The highest BCUT2D eigenvalue weighted by Gasteiger charge is 2.14. The van der Waals surface area contributed by atoms with Crippen LogP contribution >= 0.6 is 11.6 Å². The van der Waals surface area contributed by atoms with Crippen molar-refractivity contribution in [2.24, 2.45) is 0 Å². The average Bonchev–Trinajstić information content (AvgIpc) is 2.60. The molecule has 1 unspecified atom stereocenters. The molecule has 25 heavy (non-hydrogen) atoms. The molecule has 0 aliphatic carbocycles. The second kappa shape index (κ2) is 9.23. The maximum absolute atomic E-state index is 12.2. The van der Waals surface area contributed by atoms with Gasteiger partial charge in [-0.2, -0.15) is 0 Å². The number of nitrogens with zero attached hydrogens (tertiary/aromatic N) is 1. The summed E-state index contributed by atoms with van der Waals surface area (Å²) in [5.74, 6) is -0.127. The normalized spacial score (nSPS) is 11.6. The van der Waals surface area contributed by atoms with Crippen LogP contribution in [-0.4, -0.2) is 23.3 Å². The van der Waals surface area contributed by atoms with Gasteiger partial charge in [0.25, 0.3) is 0 Å². The van der Waals surface area contributed by atoms with Crippen molar-refractivity contribution in [3.05, 3.63) is 70.7 Å². The number of nitrogens with one attached hydrogen (secondary N) is 1. The zero-order valence-corrected chi connectivity index (χ0v) is 15.3. The molecule has 0 bridgehead atoms.